The fourth-order valence-electron chi connectivity index (χ4n) is 3.22. The summed E-state index contributed by atoms with van der Waals surface area (Å²) in [4.78, 5) is 8.30. The van der Waals surface area contributed by atoms with E-state index in [0.29, 0.717) is 5.92 Å². The van der Waals surface area contributed by atoms with Gasteiger partial charge in [0.15, 0.2) is 0 Å². The van der Waals surface area contributed by atoms with Crippen LogP contribution in [0.5, 0.6) is 0 Å². The van der Waals surface area contributed by atoms with Crippen molar-refractivity contribution in [1.29, 1.82) is 0 Å². The molecule has 88 valence electrons. The van der Waals surface area contributed by atoms with Gasteiger partial charge in [-0.3, -0.25) is 0 Å². The summed E-state index contributed by atoms with van der Waals surface area (Å²) in [5.41, 5.74) is 5.05. The third kappa shape index (κ3) is 1.45. The number of nitrogens with zero attached hydrogens (tertiary/aromatic N) is 1. The second kappa shape index (κ2) is 3.49. The van der Waals surface area contributed by atoms with Gasteiger partial charge in [-0.05, 0) is 37.0 Å². The highest BCUT2D eigenvalue weighted by Crippen LogP contribution is 2.34. The first kappa shape index (κ1) is 9.51. The molecule has 1 saturated carbocycles. The molecule has 4 rings (SSSR count). The van der Waals surface area contributed by atoms with E-state index in [4.69, 9.17) is 4.98 Å². The second-order valence-electron chi connectivity index (χ2n) is 5.31. The molecule has 2 heterocycles. The van der Waals surface area contributed by atoms with Gasteiger partial charge in [0.05, 0.1) is 11.0 Å². The summed E-state index contributed by atoms with van der Waals surface area (Å²) in [6, 6.07) is 4.47. The van der Waals surface area contributed by atoms with Crippen LogP contribution in [0.2, 0.25) is 0 Å². The number of fused-ring (bicyclic) bond motifs is 2. The summed E-state index contributed by atoms with van der Waals surface area (Å²) in [5.74, 6) is 1.88. The van der Waals surface area contributed by atoms with Gasteiger partial charge < -0.3 is 10.3 Å². The Morgan fingerprint density at radius 1 is 1.18 bits per heavy atom. The number of rotatable bonds is 1. The SMILES string of the molecule is c1c2c(cc3[nH]c(C4CCCC4)nc13)CCN2. The van der Waals surface area contributed by atoms with Gasteiger partial charge in [0, 0.05) is 18.2 Å². The van der Waals surface area contributed by atoms with E-state index < -0.39 is 0 Å². The highest BCUT2D eigenvalue weighted by Gasteiger charge is 2.21. The number of aromatic amines is 1. The van der Waals surface area contributed by atoms with E-state index in [2.05, 4.69) is 22.4 Å². The van der Waals surface area contributed by atoms with Crippen LogP contribution in [-0.2, 0) is 6.42 Å². The van der Waals surface area contributed by atoms with Gasteiger partial charge in [0.2, 0.25) is 0 Å². The standard InChI is InChI=1S/C14H17N3/c1-2-4-9(3-1)14-16-12-7-10-5-6-15-11(10)8-13(12)17-14/h7-9,15H,1-6H2,(H,16,17). The van der Waals surface area contributed by atoms with Gasteiger partial charge in [-0.1, -0.05) is 12.8 Å². The Hall–Kier alpha value is -1.51. The number of H-pyrrole nitrogens is 1. The molecule has 1 aliphatic heterocycles. The molecule has 17 heavy (non-hydrogen) atoms. The van der Waals surface area contributed by atoms with Gasteiger partial charge in [-0.15, -0.1) is 0 Å². The third-order valence-electron chi connectivity index (χ3n) is 4.18. The quantitative estimate of drug-likeness (QED) is 0.785. The first-order chi connectivity index (χ1) is 8.40. The molecule has 0 atom stereocenters. The number of hydrogen-bond acceptors (Lipinski definition) is 2. The normalized spacial score (nSPS) is 19.8. The Balaban J connectivity index is 1.81. The zero-order valence-electron chi connectivity index (χ0n) is 9.92. The van der Waals surface area contributed by atoms with Crippen LogP contribution in [0.15, 0.2) is 12.1 Å². The number of imidazole rings is 1. The Morgan fingerprint density at radius 2 is 2.06 bits per heavy atom. The maximum Gasteiger partial charge on any atom is 0.110 e. The maximum atomic E-state index is 4.78. The first-order valence-electron chi connectivity index (χ1n) is 6.66. The van der Waals surface area contributed by atoms with Gasteiger partial charge in [0.1, 0.15) is 5.82 Å². The van der Waals surface area contributed by atoms with Crippen molar-refractivity contribution in [3.63, 3.8) is 0 Å². The van der Waals surface area contributed by atoms with Crippen molar-refractivity contribution in [1.82, 2.24) is 9.97 Å². The predicted molar refractivity (Wildman–Crippen MR) is 69.5 cm³/mol. The molecule has 1 aliphatic carbocycles. The lowest BCUT2D eigenvalue weighted by Gasteiger charge is -2.02. The van der Waals surface area contributed by atoms with E-state index in [9.17, 15) is 0 Å². The smallest absolute Gasteiger partial charge is 0.110 e. The molecule has 0 radical (unpaired) electrons. The van der Waals surface area contributed by atoms with E-state index >= 15 is 0 Å². The number of anilines is 1. The molecule has 0 spiro atoms. The van der Waals surface area contributed by atoms with Crippen molar-refractivity contribution in [3.05, 3.63) is 23.5 Å². The van der Waals surface area contributed by atoms with Crippen LogP contribution in [0, 0.1) is 0 Å². The van der Waals surface area contributed by atoms with Crippen molar-refractivity contribution in [2.75, 3.05) is 11.9 Å². The number of benzene rings is 1. The van der Waals surface area contributed by atoms with Gasteiger partial charge >= 0.3 is 0 Å². The van der Waals surface area contributed by atoms with Crippen LogP contribution in [0.3, 0.4) is 0 Å². The third-order valence-corrected chi connectivity index (χ3v) is 4.18. The summed E-state index contributed by atoms with van der Waals surface area (Å²) < 4.78 is 0. The van der Waals surface area contributed by atoms with Crippen LogP contribution < -0.4 is 5.32 Å². The fourth-order valence-corrected chi connectivity index (χ4v) is 3.22. The molecule has 1 fully saturated rings. The van der Waals surface area contributed by atoms with Crippen molar-refractivity contribution in [3.8, 4) is 0 Å². The molecule has 0 bridgehead atoms. The summed E-state index contributed by atoms with van der Waals surface area (Å²) in [5, 5.41) is 3.42. The van der Waals surface area contributed by atoms with E-state index in [1.807, 2.05) is 0 Å². The van der Waals surface area contributed by atoms with E-state index in [-0.39, 0.29) is 0 Å². The summed E-state index contributed by atoms with van der Waals surface area (Å²) in [6.07, 6.45) is 6.47. The zero-order valence-corrected chi connectivity index (χ0v) is 9.92. The molecule has 0 saturated heterocycles. The Kier molecular flexibility index (Phi) is 1.95. The highest BCUT2D eigenvalue weighted by atomic mass is 14.9. The Labute approximate surface area is 101 Å². The lowest BCUT2D eigenvalue weighted by atomic mass is 10.1. The Bertz CT molecular complexity index is 523. The van der Waals surface area contributed by atoms with Crippen molar-refractivity contribution >= 4 is 16.7 Å². The maximum absolute atomic E-state index is 4.78. The van der Waals surface area contributed by atoms with E-state index in [1.165, 1.54) is 48.3 Å². The van der Waals surface area contributed by atoms with Crippen LogP contribution in [0.25, 0.3) is 11.0 Å². The molecule has 3 nitrogen and oxygen atoms in total. The molecular formula is C14H17N3. The average Bonchev–Trinajstić information content (AvgIpc) is 3.05. The highest BCUT2D eigenvalue weighted by molar-refractivity contribution is 5.82. The number of nitrogens with one attached hydrogen (secondary N) is 2. The summed E-state index contributed by atoms with van der Waals surface area (Å²) >= 11 is 0. The van der Waals surface area contributed by atoms with Gasteiger partial charge in [-0.2, -0.15) is 0 Å². The molecule has 2 N–H and O–H groups in total. The molecule has 0 unspecified atom stereocenters. The zero-order chi connectivity index (χ0) is 11.2. The molecule has 1 aromatic heterocycles. The molecule has 2 aromatic rings. The minimum atomic E-state index is 0.671. The van der Waals surface area contributed by atoms with Crippen LogP contribution in [0.1, 0.15) is 43.0 Å². The molecular weight excluding hydrogens is 210 g/mol. The topological polar surface area (TPSA) is 40.7 Å². The molecule has 2 aliphatic rings. The molecule has 3 heteroatoms. The summed E-state index contributed by atoms with van der Waals surface area (Å²) in [6.45, 7) is 1.07. The number of aromatic nitrogens is 2. The van der Waals surface area contributed by atoms with Crippen LogP contribution in [-0.4, -0.2) is 16.5 Å². The summed E-state index contributed by atoms with van der Waals surface area (Å²) in [7, 11) is 0. The monoisotopic (exact) mass is 227 g/mol. The lowest BCUT2D eigenvalue weighted by Crippen LogP contribution is -1.94. The second-order valence-corrected chi connectivity index (χ2v) is 5.31. The Morgan fingerprint density at radius 3 is 2.94 bits per heavy atom. The fraction of sp³-hybridized carbons (Fsp3) is 0.500. The van der Waals surface area contributed by atoms with Gasteiger partial charge in [-0.25, -0.2) is 4.98 Å². The number of hydrogen-bond donors (Lipinski definition) is 2. The molecule has 1 aromatic carbocycles. The van der Waals surface area contributed by atoms with E-state index in [0.717, 1.165) is 18.5 Å². The minimum Gasteiger partial charge on any atom is -0.384 e. The van der Waals surface area contributed by atoms with Gasteiger partial charge in [0.25, 0.3) is 0 Å². The first-order valence-corrected chi connectivity index (χ1v) is 6.66. The van der Waals surface area contributed by atoms with Crippen molar-refractivity contribution in [2.45, 2.75) is 38.0 Å². The van der Waals surface area contributed by atoms with Crippen molar-refractivity contribution in [2.24, 2.45) is 0 Å². The van der Waals surface area contributed by atoms with Crippen LogP contribution >= 0.6 is 0 Å². The predicted octanol–water partition coefficient (Wildman–Crippen LogP) is 3.19. The van der Waals surface area contributed by atoms with Crippen LogP contribution in [0.4, 0.5) is 5.69 Å². The van der Waals surface area contributed by atoms with E-state index in [1.54, 1.807) is 0 Å². The molecule has 0 amide bonds. The minimum absolute atomic E-state index is 0.671. The largest absolute Gasteiger partial charge is 0.384 e. The lowest BCUT2D eigenvalue weighted by molar-refractivity contribution is 0.681. The average molecular weight is 227 g/mol. The van der Waals surface area contributed by atoms with Crippen molar-refractivity contribution < 1.29 is 0 Å².